The van der Waals surface area contributed by atoms with Gasteiger partial charge in [-0.2, -0.15) is 0 Å². The summed E-state index contributed by atoms with van der Waals surface area (Å²) in [6.07, 6.45) is 5.35. The molecule has 0 radical (unpaired) electrons. The van der Waals surface area contributed by atoms with Crippen LogP contribution in [0.25, 0.3) is 11.3 Å². The first-order valence-electron chi connectivity index (χ1n) is 6.37. The Balaban J connectivity index is 2.10. The lowest BCUT2D eigenvalue weighted by Gasteiger charge is -2.15. The van der Waals surface area contributed by atoms with E-state index < -0.39 is 0 Å². The summed E-state index contributed by atoms with van der Waals surface area (Å²) in [6.45, 7) is 0. The van der Waals surface area contributed by atoms with Gasteiger partial charge >= 0.3 is 0 Å². The maximum absolute atomic E-state index is 4.80. The van der Waals surface area contributed by atoms with Gasteiger partial charge in [-0.05, 0) is 43.0 Å². The van der Waals surface area contributed by atoms with Gasteiger partial charge in [-0.1, -0.05) is 6.07 Å². The molecule has 0 fully saturated rings. The van der Waals surface area contributed by atoms with E-state index in [0.29, 0.717) is 0 Å². The Kier molecular flexibility index (Phi) is 2.74. The molecule has 0 N–H and O–H groups in total. The molecule has 3 nitrogen and oxygen atoms in total. The van der Waals surface area contributed by atoms with E-state index in [2.05, 4.69) is 23.2 Å². The van der Waals surface area contributed by atoms with Crippen molar-refractivity contribution in [1.82, 2.24) is 9.97 Å². The van der Waals surface area contributed by atoms with E-state index >= 15 is 0 Å². The molecular formula is C15H17N3. The topological polar surface area (TPSA) is 29.0 Å². The van der Waals surface area contributed by atoms with Gasteiger partial charge in [0.1, 0.15) is 5.82 Å². The summed E-state index contributed by atoms with van der Waals surface area (Å²) >= 11 is 0. The molecule has 3 rings (SSSR count). The lowest BCUT2D eigenvalue weighted by atomic mass is 10.1. The van der Waals surface area contributed by atoms with E-state index in [1.54, 1.807) is 0 Å². The minimum Gasteiger partial charge on any atom is -0.362 e. The quantitative estimate of drug-likeness (QED) is 0.807. The Morgan fingerprint density at radius 2 is 2.00 bits per heavy atom. The van der Waals surface area contributed by atoms with Crippen LogP contribution in [0, 0.1) is 0 Å². The van der Waals surface area contributed by atoms with E-state index in [1.807, 2.05) is 31.3 Å². The first-order valence-corrected chi connectivity index (χ1v) is 6.37. The predicted molar refractivity (Wildman–Crippen MR) is 73.8 cm³/mol. The average molecular weight is 239 g/mol. The van der Waals surface area contributed by atoms with Crippen LogP contribution in [-0.2, 0) is 12.8 Å². The molecule has 3 heteroatoms. The van der Waals surface area contributed by atoms with Crippen molar-refractivity contribution in [3.63, 3.8) is 0 Å². The van der Waals surface area contributed by atoms with Crippen molar-refractivity contribution in [1.29, 1.82) is 0 Å². The number of aryl methyl sites for hydroxylation is 2. The molecule has 1 aliphatic rings. The Hall–Kier alpha value is -1.90. The fraction of sp³-hybridized carbons (Fsp3) is 0.333. The summed E-state index contributed by atoms with van der Waals surface area (Å²) in [4.78, 5) is 11.3. The SMILES string of the molecule is CN(C)c1ncccc1-c1ccc2c(n1)CCC2. The molecule has 0 unspecified atom stereocenters. The van der Waals surface area contributed by atoms with Crippen molar-refractivity contribution < 1.29 is 0 Å². The van der Waals surface area contributed by atoms with Crippen LogP contribution in [0.3, 0.4) is 0 Å². The van der Waals surface area contributed by atoms with Crippen molar-refractivity contribution in [3.8, 4) is 11.3 Å². The van der Waals surface area contributed by atoms with Crippen LogP contribution in [0.1, 0.15) is 17.7 Å². The third kappa shape index (κ3) is 1.86. The zero-order valence-corrected chi connectivity index (χ0v) is 10.8. The standard InChI is InChI=1S/C15H17N3/c1-18(2)15-12(6-4-10-16-15)14-9-8-11-5-3-7-13(11)17-14/h4,6,8-10H,3,5,7H2,1-2H3. The molecule has 18 heavy (non-hydrogen) atoms. The van der Waals surface area contributed by atoms with Crippen molar-refractivity contribution >= 4 is 5.82 Å². The zero-order valence-electron chi connectivity index (χ0n) is 10.8. The third-order valence-electron chi connectivity index (χ3n) is 3.41. The van der Waals surface area contributed by atoms with Crippen molar-refractivity contribution in [2.24, 2.45) is 0 Å². The summed E-state index contributed by atoms with van der Waals surface area (Å²) in [7, 11) is 4.03. The van der Waals surface area contributed by atoms with E-state index in [1.165, 1.54) is 24.1 Å². The van der Waals surface area contributed by atoms with Crippen LogP contribution < -0.4 is 4.90 Å². The minimum atomic E-state index is 0.975. The van der Waals surface area contributed by atoms with Gasteiger partial charge in [-0.3, -0.25) is 4.98 Å². The number of hydrogen-bond donors (Lipinski definition) is 0. The molecule has 1 aliphatic carbocycles. The molecule has 0 aliphatic heterocycles. The van der Waals surface area contributed by atoms with E-state index in [0.717, 1.165) is 23.5 Å². The zero-order chi connectivity index (χ0) is 12.5. The molecule has 0 saturated carbocycles. The van der Waals surface area contributed by atoms with Crippen LogP contribution >= 0.6 is 0 Å². The molecule has 0 bridgehead atoms. The van der Waals surface area contributed by atoms with Gasteiger partial charge in [0.2, 0.25) is 0 Å². The van der Waals surface area contributed by atoms with Gasteiger partial charge in [0.15, 0.2) is 0 Å². The fourth-order valence-corrected chi connectivity index (χ4v) is 2.52. The molecule has 2 aromatic heterocycles. The van der Waals surface area contributed by atoms with Crippen LogP contribution in [0.5, 0.6) is 0 Å². The number of pyridine rings is 2. The van der Waals surface area contributed by atoms with Crippen molar-refractivity contribution in [2.45, 2.75) is 19.3 Å². The highest BCUT2D eigenvalue weighted by atomic mass is 15.1. The molecule has 0 saturated heterocycles. The van der Waals surface area contributed by atoms with Crippen molar-refractivity contribution in [2.75, 3.05) is 19.0 Å². The molecule has 0 atom stereocenters. The van der Waals surface area contributed by atoms with E-state index in [4.69, 9.17) is 4.98 Å². The van der Waals surface area contributed by atoms with Gasteiger partial charge in [0.05, 0.1) is 5.69 Å². The fourth-order valence-electron chi connectivity index (χ4n) is 2.52. The molecule has 92 valence electrons. The molecule has 0 amide bonds. The number of anilines is 1. The van der Waals surface area contributed by atoms with Crippen LogP contribution in [0.2, 0.25) is 0 Å². The lowest BCUT2D eigenvalue weighted by Crippen LogP contribution is -2.12. The summed E-state index contributed by atoms with van der Waals surface area (Å²) in [6, 6.07) is 8.40. The second kappa shape index (κ2) is 4.41. The second-order valence-corrected chi connectivity index (χ2v) is 4.92. The number of aromatic nitrogens is 2. The largest absolute Gasteiger partial charge is 0.362 e. The van der Waals surface area contributed by atoms with E-state index in [-0.39, 0.29) is 0 Å². The Morgan fingerprint density at radius 3 is 2.83 bits per heavy atom. The molecule has 0 spiro atoms. The summed E-state index contributed by atoms with van der Waals surface area (Å²) in [5, 5.41) is 0. The van der Waals surface area contributed by atoms with Gasteiger partial charge in [-0.15, -0.1) is 0 Å². The molecule has 2 aromatic rings. The maximum Gasteiger partial charge on any atom is 0.137 e. The first kappa shape index (κ1) is 11.2. The number of rotatable bonds is 2. The predicted octanol–water partition coefficient (Wildman–Crippen LogP) is 2.70. The second-order valence-electron chi connectivity index (χ2n) is 4.92. The van der Waals surface area contributed by atoms with Gasteiger partial charge < -0.3 is 4.90 Å². The highest BCUT2D eigenvalue weighted by Crippen LogP contribution is 2.29. The number of hydrogen-bond acceptors (Lipinski definition) is 3. The van der Waals surface area contributed by atoms with Crippen LogP contribution in [0.15, 0.2) is 30.5 Å². The maximum atomic E-state index is 4.80. The van der Waals surface area contributed by atoms with Crippen LogP contribution in [-0.4, -0.2) is 24.1 Å². The minimum absolute atomic E-state index is 0.975. The smallest absolute Gasteiger partial charge is 0.137 e. The summed E-state index contributed by atoms with van der Waals surface area (Å²) in [5.41, 5.74) is 4.82. The molecule has 0 aromatic carbocycles. The monoisotopic (exact) mass is 239 g/mol. The average Bonchev–Trinajstić information content (AvgIpc) is 2.85. The normalized spacial score (nSPS) is 13.4. The number of nitrogens with zero attached hydrogens (tertiary/aromatic N) is 3. The Morgan fingerprint density at radius 1 is 1.11 bits per heavy atom. The van der Waals surface area contributed by atoms with Crippen LogP contribution in [0.4, 0.5) is 5.82 Å². The molecule has 2 heterocycles. The number of fused-ring (bicyclic) bond motifs is 1. The lowest BCUT2D eigenvalue weighted by molar-refractivity contribution is 0.900. The van der Waals surface area contributed by atoms with Crippen molar-refractivity contribution in [3.05, 3.63) is 41.7 Å². The first-order chi connectivity index (χ1) is 8.75. The Bertz CT molecular complexity index is 576. The highest BCUT2D eigenvalue weighted by Gasteiger charge is 2.15. The van der Waals surface area contributed by atoms with E-state index in [9.17, 15) is 0 Å². The molecular weight excluding hydrogens is 222 g/mol. The highest BCUT2D eigenvalue weighted by molar-refractivity contribution is 5.73. The van der Waals surface area contributed by atoms with Gasteiger partial charge in [0.25, 0.3) is 0 Å². The third-order valence-corrected chi connectivity index (χ3v) is 3.41. The summed E-state index contributed by atoms with van der Waals surface area (Å²) in [5.74, 6) is 0.975. The Labute approximate surface area is 108 Å². The summed E-state index contributed by atoms with van der Waals surface area (Å²) < 4.78 is 0. The van der Waals surface area contributed by atoms with Gasteiger partial charge in [-0.25, -0.2) is 4.98 Å². The van der Waals surface area contributed by atoms with Gasteiger partial charge in [0, 0.05) is 31.5 Å².